The van der Waals surface area contributed by atoms with Gasteiger partial charge in [0.15, 0.2) is 5.11 Å². The fourth-order valence-corrected chi connectivity index (χ4v) is 3.79. The van der Waals surface area contributed by atoms with E-state index in [-0.39, 0.29) is 5.97 Å². The van der Waals surface area contributed by atoms with Crippen molar-refractivity contribution in [3.63, 3.8) is 0 Å². The van der Waals surface area contributed by atoms with Crippen molar-refractivity contribution >= 4 is 40.3 Å². The summed E-state index contributed by atoms with van der Waals surface area (Å²) in [6, 6.07) is 0. The van der Waals surface area contributed by atoms with Crippen molar-refractivity contribution in [2.24, 2.45) is 0 Å². The van der Waals surface area contributed by atoms with Crippen molar-refractivity contribution in [2.75, 3.05) is 18.5 Å². The van der Waals surface area contributed by atoms with Crippen molar-refractivity contribution in [3.05, 3.63) is 28.0 Å². The van der Waals surface area contributed by atoms with Crippen molar-refractivity contribution in [1.82, 2.24) is 5.32 Å². The summed E-state index contributed by atoms with van der Waals surface area (Å²) in [5.41, 5.74) is 2.05. The maximum absolute atomic E-state index is 12.1. The van der Waals surface area contributed by atoms with E-state index in [1.807, 2.05) is 6.92 Å². The predicted molar refractivity (Wildman–Crippen MR) is 91.3 cm³/mol. The smallest absolute Gasteiger partial charge is 0.350 e. The van der Waals surface area contributed by atoms with Gasteiger partial charge in [0.1, 0.15) is 4.88 Å². The minimum absolute atomic E-state index is 0.272. The van der Waals surface area contributed by atoms with E-state index in [0.29, 0.717) is 23.1 Å². The molecule has 1 aromatic rings. The summed E-state index contributed by atoms with van der Waals surface area (Å²) >= 11 is 6.80. The summed E-state index contributed by atoms with van der Waals surface area (Å²) in [5.74, 6) is -0.272. The van der Waals surface area contributed by atoms with Crippen molar-refractivity contribution < 1.29 is 9.53 Å². The minimum atomic E-state index is -0.272. The number of anilines is 1. The van der Waals surface area contributed by atoms with E-state index in [1.54, 1.807) is 6.08 Å². The van der Waals surface area contributed by atoms with Gasteiger partial charge in [-0.3, -0.25) is 0 Å². The molecule has 0 radical (unpaired) electrons. The van der Waals surface area contributed by atoms with Crippen LogP contribution in [0.1, 0.15) is 39.9 Å². The number of aryl methyl sites for hydroxylation is 1. The van der Waals surface area contributed by atoms with Gasteiger partial charge < -0.3 is 15.4 Å². The predicted octanol–water partition coefficient (Wildman–Crippen LogP) is 3.28. The fourth-order valence-electron chi connectivity index (χ4n) is 2.36. The lowest BCUT2D eigenvalue weighted by atomic mass is 9.97. The van der Waals surface area contributed by atoms with Crippen LogP contribution in [0, 0.1) is 0 Å². The first-order valence-corrected chi connectivity index (χ1v) is 8.37. The Kier molecular flexibility index (Phi) is 5.76. The molecule has 1 aliphatic rings. The SMILES string of the molecule is C=CCNC(=S)Nc1c(C(=O)OCC)sc2c1CCCC2. The number of carbonyl (C=O) groups excluding carboxylic acids is 1. The number of ether oxygens (including phenoxy) is 1. The fraction of sp³-hybridized carbons (Fsp3) is 0.467. The molecule has 0 amide bonds. The molecule has 0 spiro atoms. The van der Waals surface area contributed by atoms with Gasteiger partial charge in [-0.2, -0.15) is 0 Å². The summed E-state index contributed by atoms with van der Waals surface area (Å²) in [7, 11) is 0. The first-order chi connectivity index (χ1) is 10.2. The third-order valence-electron chi connectivity index (χ3n) is 3.28. The van der Waals surface area contributed by atoms with Gasteiger partial charge in [-0.25, -0.2) is 4.79 Å². The molecule has 2 N–H and O–H groups in total. The van der Waals surface area contributed by atoms with Gasteiger partial charge in [0.2, 0.25) is 0 Å². The molecular formula is C15H20N2O2S2. The molecular weight excluding hydrogens is 304 g/mol. The average Bonchev–Trinajstić information content (AvgIpc) is 2.84. The number of rotatable bonds is 5. The van der Waals surface area contributed by atoms with Crippen LogP contribution in [0.5, 0.6) is 0 Å². The van der Waals surface area contributed by atoms with Crippen LogP contribution in [-0.4, -0.2) is 24.2 Å². The third kappa shape index (κ3) is 3.83. The summed E-state index contributed by atoms with van der Waals surface area (Å²) in [6.45, 7) is 6.43. The molecule has 1 heterocycles. The quantitative estimate of drug-likeness (QED) is 0.494. The van der Waals surface area contributed by atoms with Crippen LogP contribution in [0.3, 0.4) is 0 Å². The number of hydrogen-bond donors (Lipinski definition) is 2. The van der Waals surface area contributed by atoms with Gasteiger partial charge in [-0.1, -0.05) is 6.08 Å². The van der Waals surface area contributed by atoms with E-state index in [1.165, 1.54) is 28.2 Å². The zero-order valence-corrected chi connectivity index (χ0v) is 13.8. The molecule has 0 aliphatic heterocycles. The topological polar surface area (TPSA) is 50.4 Å². The second-order valence-corrected chi connectivity index (χ2v) is 6.27. The third-order valence-corrected chi connectivity index (χ3v) is 4.80. The second kappa shape index (κ2) is 7.56. The highest BCUT2D eigenvalue weighted by molar-refractivity contribution is 7.80. The maximum Gasteiger partial charge on any atom is 0.350 e. The van der Waals surface area contributed by atoms with E-state index in [9.17, 15) is 4.79 Å². The molecule has 0 bridgehead atoms. The van der Waals surface area contributed by atoms with E-state index in [0.717, 1.165) is 24.9 Å². The Hall–Kier alpha value is -1.40. The number of esters is 1. The summed E-state index contributed by atoms with van der Waals surface area (Å²) < 4.78 is 5.16. The summed E-state index contributed by atoms with van der Waals surface area (Å²) in [6.07, 6.45) is 6.07. The number of thiocarbonyl (C=S) groups is 1. The normalized spacial score (nSPS) is 13.2. The first-order valence-electron chi connectivity index (χ1n) is 7.14. The van der Waals surface area contributed by atoms with Gasteiger partial charge in [-0.05, 0) is 50.4 Å². The zero-order valence-electron chi connectivity index (χ0n) is 12.2. The van der Waals surface area contributed by atoms with Crippen LogP contribution in [0.15, 0.2) is 12.7 Å². The molecule has 2 rings (SSSR count). The van der Waals surface area contributed by atoms with Crippen LogP contribution in [0.4, 0.5) is 5.69 Å². The Morgan fingerprint density at radius 2 is 2.24 bits per heavy atom. The molecule has 0 fully saturated rings. The Balaban J connectivity index is 2.27. The van der Waals surface area contributed by atoms with Gasteiger partial charge >= 0.3 is 5.97 Å². The monoisotopic (exact) mass is 324 g/mol. The molecule has 21 heavy (non-hydrogen) atoms. The number of hydrogen-bond acceptors (Lipinski definition) is 4. The first kappa shape index (κ1) is 16.0. The number of thiophene rings is 1. The Morgan fingerprint density at radius 3 is 2.95 bits per heavy atom. The maximum atomic E-state index is 12.1. The lowest BCUT2D eigenvalue weighted by Crippen LogP contribution is -2.29. The van der Waals surface area contributed by atoms with Gasteiger partial charge in [0.25, 0.3) is 0 Å². The highest BCUT2D eigenvalue weighted by atomic mass is 32.1. The van der Waals surface area contributed by atoms with E-state index in [4.69, 9.17) is 17.0 Å². The molecule has 1 aromatic heterocycles. The van der Waals surface area contributed by atoms with E-state index < -0.39 is 0 Å². The minimum Gasteiger partial charge on any atom is -0.462 e. The van der Waals surface area contributed by atoms with Gasteiger partial charge in [0, 0.05) is 11.4 Å². The largest absolute Gasteiger partial charge is 0.462 e. The molecule has 0 unspecified atom stereocenters. The summed E-state index contributed by atoms with van der Waals surface area (Å²) in [5, 5.41) is 6.71. The molecule has 4 nitrogen and oxygen atoms in total. The van der Waals surface area contributed by atoms with Gasteiger partial charge in [-0.15, -0.1) is 17.9 Å². The molecule has 114 valence electrons. The molecule has 1 aliphatic carbocycles. The van der Waals surface area contributed by atoms with Gasteiger partial charge in [0.05, 0.1) is 12.3 Å². The molecule has 0 aromatic carbocycles. The number of nitrogens with one attached hydrogen (secondary N) is 2. The Morgan fingerprint density at radius 1 is 1.48 bits per heavy atom. The lowest BCUT2D eigenvalue weighted by molar-refractivity contribution is 0.0533. The van der Waals surface area contributed by atoms with Crippen molar-refractivity contribution in [1.29, 1.82) is 0 Å². The molecule has 0 saturated heterocycles. The van der Waals surface area contributed by atoms with Crippen LogP contribution in [0.2, 0.25) is 0 Å². The van der Waals surface area contributed by atoms with Crippen LogP contribution in [0.25, 0.3) is 0 Å². The van der Waals surface area contributed by atoms with E-state index >= 15 is 0 Å². The molecule has 6 heteroatoms. The van der Waals surface area contributed by atoms with Crippen molar-refractivity contribution in [2.45, 2.75) is 32.6 Å². The average molecular weight is 324 g/mol. The number of carbonyl (C=O) groups is 1. The summed E-state index contributed by atoms with van der Waals surface area (Å²) in [4.78, 5) is 14.1. The van der Waals surface area contributed by atoms with Crippen LogP contribution >= 0.6 is 23.6 Å². The zero-order chi connectivity index (χ0) is 15.2. The molecule has 0 atom stereocenters. The molecule has 0 saturated carbocycles. The van der Waals surface area contributed by atoms with E-state index in [2.05, 4.69) is 17.2 Å². The lowest BCUT2D eigenvalue weighted by Gasteiger charge is -2.15. The number of fused-ring (bicyclic) bond motifs is 1. The Labute approximate surface area is 134 Å². The second-order valence-electron chi connectivity index (χ2n) is 4.76. The standard InChI is InChI=1S/C15H20N2O2S2/c1-3-9-16-15(20)17-12-10-7-5-6-8-11(10)21-13(12)14(18)19-4-2/h3H,1,4-9H2,2H3,(H2,16,17,20). The van der Waals surface area contributed by atoms with Crippen molar-refractivity contribution in [3.8, 4) is 0 Å². The van der Waals surface area contributed by atoms with Crippen LogP contribution < -0.4 is 10.6 Å². The Bertz CT molecular complexity index is 552. The highest BCUT2D eigenvalue weighted by Crippen LogP contribution is 2.38. The van der Waals surface area contributed by atoms with Crippen LogP contribution in [-0.2, 0) is 17.6 Å². The highest BCUT2D eigenvalue weighted by Gasteiger charge is 2.25.